The number of anilines is 2. The van der Waals surface area contributed by atoms with Crippen LogP contribution in [0, 0.1) is 6.92 Å². The quantitative estimate of drug-likeness (QED) is 0.556. The molecule has 0 atom stereocenters. The van der Waals surface area contributed by atoms with Gasteiger partial charge < -0.3 is 15.4 Å². The van der Waals surface area contributed by atoms with E-state index in [0.29, 0.717) is 23.7 Å². The number of rotatable bonds is 6. The van der Waals surface area contributed by atoms with Gasteiger partial charge in [-0.3, -0.25) is 14.5 Å². The fraction of sp³-hybridized carbons (Fsp3) is 0.400. The van der Waals surface area contributed by atoms with E-state index < -0.39 is 17.5 Å². The molecule has 0 radical (unpaired) electrons. The van der Waals surface area contributed by atoms with E-state index in [1.807, 2.05) is 31.2 Å². The van der Waals surface area contributed by atoms with Gasteiger partial charge in [-0.1, -0.05) is 30.5 Å². The van der Waals surface area contributed by atoms with Crippen LogP contribution in [0.2, 0.25) is 0 Å². The van der Waals surface area contributed by atoms with Gasteiger partial charge in [-0.2, -0.15) is 0 Å². The van der Waals surface area contributed by atoms with E-state index >= 15 is 0 Å². The molecule has 152 valence electrons. The van der Waals surface area contributed by atoms with Crippen LogP contribution in [0.3, 0.4) is 0 Å². The van der Waals surface area contributed by atoms with Crippen molar-refractivity contribution in [1.29, 1.82) is 0 Å². The van der Waals surface area contributed by atoms with Crippen molar-refractivity contribution in [3.8, 4) is 0 Å². The van der Waals surface area contributed by atoms with E-state index in [9.17, 15) is 14.4 Å². The van der Waals surface area contributed by atoms with Crippen molar-refractivity contribution in [3.63, 3.8) is 0 Å². The van der Waals surface area contributed by atoms with Gasteiger partial charge in [0.05, 0.1) is 5.69 Å². The molecule has 9 heteroatoms. The number of ether oxygens (including phenoxy) is 1. The number of aryl methyl sites for hydroxylation is 1. The third-order valence-corrected chi connectivity index (χ3v) is 6.03. The molecule has 1 saturated heterocycles. The van der Waals surface area contributed by atoms with E-state index in [1.165, 1.54) is 16.9 Å². The maximum absolute atomic E-state index is 12.6. The van der Waals surface area contributed by atoms with Crippen LogP contribution in [-0.4, -0.2) is 39.9 Å². The molecule has 0 bridgehead atoms. The summed E-state index contributed by atoms with van der Waals surface area (Å²) in [5.41, 5.74) is 1.88. The van der Waals surface area contributed by atoms with Crippen molar-refractivity contribution in [3.05, 3.63) is 40.9 Å². The maximum Gasteiger partial charge on any atom is 0.326 e. The van der Waals surface area contributed by atoms with E-state index in [2.05, 4.69) is 15.6 Å². The summed E-state index contributed by atoms with van der Waals surface area (Å²) in [5.74, 6) is -0.959. The Morgan fingerprint density at radius 3 is 2.72 bits per heavy atom. The van der Waals surface area contributed by atoms with Crippen LogP contribution in [0.25, 0.3) is 0 Å². The topological polar surface area (TPSA) is 101 Å². The fourth-order valence-corrected chi connectivity index (χ4v) is 4.37. The minimum atomic E-state index is -0.817. The first kappa shape index (κ1) is 19.4. The molecule has 3 amide bonds. The highest BCUT2D eigenvalue weighted by atomic mass is 32.1. The zero-order chi connectivity index (χ0) is 20.4. The van der Waals surface area contributed by atoms with Crippen molar-refractivity contribution in [1.82, 2.24) is 15.2 Å². The number of nitrogens with zero attached hydrogens (tertiary/aromatic N) is 2. The van der Waals surface area contributed by atoms with Crippen molar-refractivity contribution >= 4 is 40.1 Å². The zero-order valence-corrected chi connectivity index (χ0v) is 16.9. The lowest BCUT2D eigenvalue weighted by Crippen LogP contribution is -2.44. The molecule has 29 heavy (non-hydrogen) atoms. The highest BCUT2D eigenvalue weighted by Gasteiger charge is 2.52. The van der Waals surface area contributed by atoms with E-state index in [-0.39, 0.29) is 19.1 Å². The number of imide groups is 1. The Bertz CT molecular complexity index is 934. The average molecular weight is 414 g/mol. The highest BCUT2D eigenvalue weighted by Crippen LogP contribution is 2.35. The number of hydrogen-bond donors (Lipinski definition) is 2. The Kier molecular flexibility index (Phi) is 5.23. The van der Waals surface area contributed by atoms with Crippen LogP contribution >= 0.6 is 11.3 Å². The van der Waals surface area contributed by atoms with Crippen molar-refractivity contribution in [2.45, 2.75) is 44.8 Å². The van der Waals surface area contributed by atoms with Gasteiger partial charge in [-0.25, -0.2) is 9.78 Å². The molecule has 4 rings (SSSR count). The number of benzene rings is 1. The largest absolute Gasteiger partial charge is 0.458 e. The lowest BCUT2D eigenvalue weighted by molar-refractivity contribution is -0.148. The molecule has 1 aromatic carbocycles. The van der Waals surface area contributed by atoms with Crippen LogP contribution in [0.5, 0.6) is 0 Å². The SMILES string of the molecule is Cc1ccc(Nc2nc(COC(=O)CN3C(=O)NC4(CCCC4)C3=O)cs2)cc1. The second-order valence-corrected chi connectivity index (χ2v) is 8.26. The first-order valence-corrected chi connectivity index (χ1v) is 10.4. The molecule has 0 unspecified atom stereocenters. The summed E-state index contributed by atoms with van der Waals surface area (Å²) in [6, 6.07) is 7.41. The number of amides is 3. The summed E-state index contributed by atoms with van der Waals surface area (Å²) < 4.78 is 5.22. The van der Waals surface area contributed by atoms with Crippen molar-refractivity contribution in [2.75, 3.05) is 11.9 Å². The number of carbonyl (C=O) groups is 3. The third-order valence-electron chi connectivity index (χ3n) is 5.23. The lowest BCUT2D eigenvalue weighted by atomic mass is 9.98. The Balaban J connectivity index is 1.29. The Morgan fingerprint density at radius 2 is 2.00 bits per heavy atom. The van der Waals surface area contributed by atoms with Gasteiger partial charge in [0.1, 0.15) is 18.7 Å². The number of aromatic nitrogens is 1. The summed E-state index contributed by atoms with van der Waals surface area (Å²) >= 11 is 1.40. The normalized spacial score (nSPS) is 17.6. The van der Waals surface area contributed by atoms with E-state index in [4.69, 9.17) is 4.74 Å². The summed E-state index contributed by atoms with van der Waals surface area (Å²) in [6.07, 6.45) is 3.04. The summed E-state index contributed by atoms with van der Waals surface area (Å²) in [4.78, 5) is 42.2. The number of esters is 1. The second-order valence-electron chi connectivity index (χ2n) is 7.41. The summed E-state index contributed by atoms with van der Waals surface area (Å²) in [7, 11) is 0. The molecular weight excluding hydrogens is 392 g/mol. The standard InChI is InChI=1S/C20H22N4O4S/c1-13-4-6-14(7-5-13)21-18-22-15(12-29-18)11-28-16(25)10-24-17(26)20(23-19(24)27)8-2-3-9-20/h4-7,12H,2-3,8-11H2,1H3,(H,21,22)(H,23,27). The monoisotopic (exact) mass is 414 g/mol. The molecule has 2 N–H and O–H groups in total. The van der Waals surface area contributed by atoms with Gasteiger partial charge in [-0.15, -0.1) is 11.3 Å². The second kappa shape index (κ2) is 7.82. The lowest BCUT2D eigenvalue weighted by Gasteiger charge is -2.19. The van der Waals surface area contributed by atoms with Gasteiger partial charge >= 0.3 is 12.0 Å². The average Bonchev–Trinajstić information content (AvgIpc) is 3.40. The van der Waals surface area contributed by atoms with E-state index in [0.717, 1.165) is 23.4 Å². The first-order chi connectivity index (χ1) is 13.9. The number of urea groups is 1. The Hall–Kier alpha value is -2.94. The first-order valence-electron chi connectivity index (χ1n) is 9.53. The van der Waals surface area contributed by atoms with Gasteiger partial charge in [-0.05, 0) is 31.9 Å². The zero-order valence-electron chi connectivity index (χ0n) is 16.1. The molecule has 8 nitrogen and oxygen atoms in total. The van der Waals surface area contributed by atoms with Gasteiger partial charge in [0.25, 0.3) is 5.91 Å². The minimum Gasteiger partial charge on any atom is -0.458 e. The Morgan fingerprint density at radius 1 is 1.28 bits per heavy atom. The van der Waals surface area contributed by atoms with Crippen LogP contribution < -0.4 is 10.6 Å². The fourth-order valence-electron chi connectivity index (χ4n) is 3.66. The molecule has 2 aromatic rings. The molecule has 2 heterocycles. The number of nitrogens with one attached hydrogen (secondary N) is 2. The van der Waals surface area contributed by atoms with Gasteiger partial charge in [0.2, 0.25) is 0 Å². The predicted molar refractivity (Wildman–Crippen MR) is 108 cm³/mol. The van der Waals surface area contributed by atoms with Crippen molar-refractivity contribution < 1.29 is 19.1 Å². The molecule has 2 fully saturated rings. The van der Waals surface area contributed by atoms with E-state index in [1.54, 1.807) is 5.38 Å². The summed E-state index contributed by atoms with van der Waals surface area (Å²) in [6.45, 7) is 1.62. The molecular formula is C20H22N4O4S. The number of thiazole rings is 1. The van der Waals surface area contributed by atoms with Gasteiger partial charge in [0.15, 0.2) is 5.13 Å². The minimum absolute atomic E-state index is 0.0142. The molecule has 1 saturated carbocycles. The maximum atomic E-state index is 12.6. The molecule has 2 aliphatic rings. The summed E-state index contributed by atoms with van der Waals surface area (Å²) in [5, 5.41) is 8.44. The molecule has 1 spiro atoms. The van der Waals surface area contributed by atoms with Crippen LogP contribution in [0.4, 0.5) is 15.6 Å². The van der Waals surface area contributed by atoms with Crippen molar-refractivity contribution in [2.24, 2.45) is 0 Å². The number of hydrogen-bond acceptors (Lipinski definition) is 7. The predicted octanol–water partition coefficient (Wildman–Crippen LogP) is 3.10. The Labute approximate surface area is 172 Å². The molecule has 1 aliphatic carbocycles. The highest BCUT2D eigenvalue weighted by molar-refractivity contribution is 7.13. The molecule has 1 aliphatic heterocycles. The third kappa shape index (κ3) is 4.09. The van der Waals surface area contributed by atoms with Gasteiger partial charge in [0, 0.05) is 11.1 Å². The van der Waals surface area contributed by atoms with Crippen LogP contribution in [0.15, 0.2) is 29.6 Å². The number of carbonyl (C=O) groups excluding carboxylic acids is 3. The van der Waals surface area contributed by atoms with Crippen LogP contribution in [0.1, 0.15) is 36.9 Å². The molecule has 1 aromatic heterocycles. The smallest absolute Gasteiger partial charge is 0.326 e. The van der Waals surface area contributed by atoms with Crippen LogP contribution in [-0.2, 0) is 20.9 Å².